The second-order valence-corrected chi connectivity index (χ2v) is 3.80. The van der Waals surface area contributed by atoms with Crippen LogP contribution in [0.25, 0.3) is 0 Å². The summed E-state index contributed by atoms with van der Waals surface area (Å²) in [5.41, 5.74) is 0.482. The van der Waals surface area contributed by atoms with E-state index in [0.29, 0.717) is 11.5 Å². The van der Waals surface area contributed by atoms with Gasteiger partial charge in [-0.05, 0) is 24.3 Å². The molecule has 0 aliphatic carbocycles. The summed E-state index contributed by atoms with van der Waals surface area (Å²) in [5.74, 6) is 1.18. The molecule has 1 aromatic heterocycles. The predicted molar refractivity (Wildman–Crippen MR) is 65.2 cm³/mol. The van der Waals surface area contributed by atoms with E-state index in [1.165, 1.54) is 12.1 Å². The number of hydrogen-bond donors (Lipinski definition) is 2. The van der Waals surface area contributed by atoms with Crippen molar-refractivity contribution in [3.63, 3.8) is 0 Å². The van der Waals surface area contributed by atoms with Gasteiger partial charge in [0.2, 0.25) is 5.89 Å². The molecule has 5 nitrogen and oxygen atoms in total. The van der Waals surface area contributed by atoms with E-state index in [1.807, 2.05) is 6.92 Å². The van der Waals surface area contributed by atoms with Crippen molar-refractivity contribution in [2.75, 3.05) is 0 Å². The van der Waals surface area contributed by atoms with Crippen LogP contribution in [0.5, 0.6) is 5.75 Å². The van der Waals surface area contributed by atoms with Crippen LogP contribution in [0.4, 0.5) is 0 Å². The standard InChI is InChI=1S/C13H14N2O3/c1-2-11-7-14-12(18-11)8-15-13(17)9-3-5-10(16)6-4-9/h3-7,16H,2,8H2,1H3,(H,15,17). The molecule has 1 heterocycles. The molecule has 2 aromatic rings. The fourth-order valence-corrected chi connectivity index (χ4v) is 1.46. The normalized spacial score (nSPS) is 10.3. The van der Waals surface area contributed by atoms with Crippen molar-refractivity contribution in [1.29, 1.82) is 0 Å². The molecule has 2 N–H and O–H groups in total. The zero-order chi connectivity index (χ0) is 13.0. The minimum Gasteiger partial charge on any atom is -0.508 e. The van der Waals surface area contributed by atoms with Gasteiger partial charge in [-0.25, -0.2) is 4.98 Å². The van der Waals surface area contributed by atoms with E-state index in [2.05, 4.69) is 10.3 Å². The molecule has 94 valence electrons. The molecule has 0 atom stereocenters. The summed E-state index contributed by atoms with van der Waals surface area (Å²) >= 11 is 0. The molecule has 2 rings (SSSR count). The Morgan fingerprint density at radius 2 is 2.11 bits per heavy atom. The largest absolute Gasteiger partial charge is 0.508 e. The van der Waals surface area contributed by atoms with E-state index in [0.717, 1.165) is 12.2 Å². The molecule has 0 bridgehead atoms. The molecular formula is C13H14N2O3. The summed E-state index contributed by atoms with van der Waals surface area (Å²) in [7, 11) is 0. The molecule has 1 amide bonds. The molecule has 0 saturated heterocycles. The Balaban J connectivity index is 1.93. The van der Waals surface area contributed by atoms with Crippen LogP contribution in [0, 0.1) is 0 Å². The van der Waals surface area contributed by atoms with Crippen molar-refractivity contribution in [1.82, 2.24) is 10.3 Å². The average molecular weight is 246 g/mol. The third-order valence-electron chi connectivity index (χ3n) is 2.48. The second-order valence-electron chi connectivity index (χ2n) is 3.80. The SMILES string of the molecule is CCc1cnc(CNC(=O)c2ccc(O)cc2)o1. The van der Waals surface area contributed by atoms with Crippen LogP contribution in [0.1, 0.15) is 28.9 Å². The first-order chi connectivity index (χ1) is 8.69. The number of benzene rings is 1. The van der Waals surface area contributed by atoms with Crippen molar-refractivity contribution in [3.05, 3.63) is 47.7 Å². The number of phenols is 1. The number of aryl methyl sites for hydroxylation is 1. The van der Waals surface area contributed by atoms with E-state index < -0.39 is 0 Å². The number of rotatable bonds is 4. The molecule has 18 heavy (non-hydrogen) atoms. The van der Waals surface area contributed by atoms with Crippen LogP contribution < -0.4 is 5.32 Å². The quantitative estimate of drug-likeness (QED) is 0.863. The molecule has 0 radical (unpaired) electrons. The van der Waals surface area contributed by atoms with Gasteiger partial charge in [-0.15, -0.1) is 0 Å². The van der Waals surface area contributed by atoms with E-state index in [9.17, 15) is 4.79 Å². The molecule has 0 spiro atoms. The van der Waals surface area contributed by atoms with Gasteiger partial charge in [0.1, 0.15) is 11.5 Å². The molecule has 0 fully saturated rings. The number of hydrogen-bond acceptors (Lipinski definition) is 4. The lowest BCUT2D eigenvalue weighted by molar-refractivity contribution is 0.0947. The molecule has 0 aliphatic heterocycles. The first-order valence-corrected chi connectivity index (χ1v) is 5.70. The third-order valence-corrected chi connectivity index (χ3v) is 2.48. The van der Waals surface area contributed by atoms with E-state index in [4.69, 9.17) is 9.52 Å². The summed E-state index contributed by atoms with van der Waals surface area (Å²) in [5, 5.41) is 11.8. The first-order valence-electron chi connectivity index (χ1n) is 5.70. The highest BCUT2D eigenvalue weighted by atomic mass is 16.4. The van der Waals surface area contributed by atoms with Gasteiger partial charge >= 0.3 is 0 Å². The number of nitrogens with one attached hydrogen (secondary N) is 1. The van der Waals surface area contributed by atoms with Gasteiger partial charge in [0.15, 0.2) is 0 Å². The topological polar surface area (TPSA) is 75.4 Å². The Kier molecular flexibility index (Phi) is 3.62. The molecule has 0 unspecified atom stereocenters. The molecule has 0 saturated carbocycles. The summed E-state index contributed by atoms with van der Waals surface area (Å²) in [6.45, 7) is 2.22. The number of phenolic OH excluding ortho intramolecular Hbond substituents is 1. The molecule has 5 heteroatoms. The lowest BCUT2D eigenvalue weighted by atomic mass is 10.2. The van der Waals surface area contributed by atoms with Crippen molar-refractivity contribution >= 4 is 5.91 Å². The summed E-state index contributed by atoms with van der Waals surface area (Å²) in [6, 6.07) is 6.04. The zero-order valence-corrected chi connectivity index (χ0v) is 10.0. The number of aromatic hydroxyl groups is 1. The maximum atomic E-state index is 11.7. The highest BCUT2D eigenvalue weighted by Gasteiger charge is 2.07. The van der Waals surface area contributed by atoms with Crippen LogP contribution in [0.15, 0.2) is 34.9 Å². The number of oxazole rings is 1. The highest BCUT2D eigenvalue weighted by molar-refractivity contribution is 5.94. The monoisotopic (exact) mass is 246 g/mol. The smallest absolute Gasteiger partial charge is 0.251 e. The fourth-order valence-electron chi connectivity index (χ4n) is 1.46. The van der Waals surface area contributed by atoms with Gasteiger partial charge in [-0.2, -0.15) is 0 Å². The van der Waals surface area contributed by atoms with E-state index in [1.54, 1.807) is 18.3 Å². The minimum absolute atomic E-state index is 0.131. The minimum atomic E-state index is -0.230. The Bertz CT molecular complexity index is 531. The fraction of sp³-hybridized carbons (Fsp3) is 0.231. The van der Waals surface area contributed by atoms with E-state index in [-0.39, 0.29) is 18.2 Å². The van der Waals surface area contributed by atoms with Gasteiger partial charge in [0.05, 0.1) is 12.7 Å². The highest BCUT2D eigenvalue weighted by Crippen LogP contribution is 2.10. The predicted octanol–water partition coefficient (Wildman–Crippen LogP) is 1.87. The van der Waals surface area contributed by atoms with Crippen molar-refractivity contribution in [2.45, 2.75) is 19.9 Å². The van der Waals surface area contributed by atoms with Crippen molar-refractivity contribution in [3.8, 4) is 5.75 Å². The van der Waals surface area contributed by atoms with Gasteiger partial charge in [0.25, 0.3) is 5.91 Å². The van der Waals surface area contributed by atoms with Crippen LogP contribution in [-0.4, -0.2) is 16.0 Å². The summed E-state index contributed by atoms with van der Waals surface area (Å²) < 4.78 is 5.37. The van der Waals surface area contributed by atoms with E-state index >= 15 is 0 Å². The molecule has 0 aliphatic rings. The Hall–Kier alpha value is -2.30. The van der Waals surface area contributed by atoms with Crippen molar-refractivity contribution < 1.29 is 14.3 Å². The average Bonchev–Trinajstić information content (AvgIpc) is 2.85. The maximum Gasteiger partial charge on any atom is 0.251 e. The third kappa shape index (κ3) is 2.88. The number of carbonyl (C=O) groups excluding carboxylic acids is 1. The van der Waals surface area contributed by atoms with Crippen LogP contribution in [0.2, 0.25) is 0 Å². The lowest BCUT2D eigenvalue weighted by Gasteiger charge is -2.02. The summed E-state index contributed by atoms with van der Waals surface area (Å²) in [6.07, 6.45) is 2.43. The number of aromatic nitrogens is 1. The summed E-state index contributed by atoms with van der Waals surface area (Å²) in [4.78, 5) is 15.8. The van der Waals surface area contributed by atoms with Crippen LogP contribution >= 0.6 is 0 Å². The zero-order valence-electron chi connectivity index (χ0n) is 10.0. The van der Waals surface area contributed by atoms with Crippen LogP contribution in [0.3, 0.4) is 0 Å². The van der Waals surface area contributed by atoms with Gasteiger partial charge in [-0.1, -0.05) is 6.92 Å². The van der Waals surface area contributed by atoms with Gasteiger partial charge in [0, 0.05) is 12.0 Å². The molecule has 1 aromatic carbocycles. The number of nitrogens with zero attached hydrogens (tertiary/aromatic N) is 1. The maximum absolute atomic E-state index is 11.7. The Morgan fingerprint density at radius 1 is 1.39 bits per heavy atom. The first kappa shape index (κ1) is 12.2. The van der Waals surface area contributed by atoms with Gasteiger partial charge < -0.3 is 14.8 Å². The Morgan fingerprint density at radius 3 is 2.72 bits per heavy atom. The van der Waals surface area contributed by atoms with Crippen LogP contribution in [-0.2, 0) is 13.0 Å². The number of amides is 1. The lowest BCUT2D eigenvalue weighted by Crippen LogP contribution is -2.22. The molecular weight excluding hydrogens is 232 g/mol. The second kappa shape index (κ2) is 5.35. The van der Waals surface area contributed by atoms with Crippen molar-refractivity contribution in [2.24, 2.45) is 0 Å². The number of carbonyl (C=O) groups is 1. The Labute approximate surface area is 104 Å². The van der Waals surface area contributed by atoms with Gasteiger partial charge in [-0.3, -0.25) is 4.79 Å².